The summed E-state index contributed by atoms with van der Waals surface area (Å²) < 4.78 is 0. The Bertz CT molecular complexity index is 297. The molecular formula is C10H14N2O. The third-order valence-electron chi connectivity index (χ3n) is 1.85. The molecule has 0 aromatic carbocycles. The average Bonchev–Trinajstić information content (AvgIpc) is 2.15. The third kappa shape index (κ3) is 3.23. The lowest BCUT2D eigenvalue weighted by atomic mass is 10.2. The van der Waals surface area contributed by atoms with E-state index in [1.54, 1.807) is 0 Å². The van der Waals surface area contributed by atoms with E-state index in [-0.39, 0.29) is 5.91 Å². The van der Waals surface area contributed by atoms with E-state index in [1.165, 1.54) is 0 Å². The van der Waals surface area contributed by atoms with Crippen molar-refractivity contribution in [3.63, 3.8) is 0 Å². The molecule has 0 aliphatic carbocycles. The number of hydrogen-bond donors (Lipinski definition) is 1. The summed E-state index contributed by atoms with van der Waals surface area (Å²) in [5.74, 6) is -0.274. The van der Waals surface area contributed by atoms with Crippen molar-refractivity contribution < 1.29 is 4.79 Å². The van der Waals surface area contributed by atoms with Gasteiger partial charge in [-0.15, -0.1) is 0 Å². The molecule has 0 radical (unpaired) electrons. The molecule has 70 valence electrons. The second-order valence-corrected chi connectivity index (χ2v) is 2.94. The van der Waals surface area contributed by atoms with Crippen molar-refractivity contribution >= 4 is 5.91 Å². The molecule has 1 aromatic heterocycles. The molecule has 1 heterocycles. The van der Waals surface area contributed by atoms with Crippen LogP contribution in [0, 0.1) is 0 Å². The second kappa shape index (κ2) is 4.60. The Morgan fingerprint density at radius 2 is 2.15 bits per heavy atom. The highest BCUT2D eigenvalue weighted by atomic mass is 16.1. The van der Waals surface area contributed by atoms with Crippen LogP contribution < -0.4 is 5.73 Å². The molecule has 0 spiro atoms. The van der Waals surface area contributed by atoms with Gasteiger partial charge in [0, 0.05) is 17.8 Å². The number of aryl methyl sites for hydroxylation is 2. The lowest BCUT2D eigenvalue weighted by Crippen LogP contribution is -2.11. The smallest absolute Gasteiger partial charge is 0.217 e. The average molecular weight is 178 g/mol. The molecule has 0 aliphatic rings. The quantitative estimate of drug-likeness (QED) is 0.749. The lowest BCUT2D eigenvalue weighted by Gasteiger charge is -2.00. The summed E-state index contributed by atoms with van der Waals surface area (Å²) in [4.78, 5) is 14.9. The minimum absolute atomic E-state index is 0.274. The van der Waals surface area contributed by atoms with Gasteiger partial charge in [0.15, 0.2) is 0 Å². The molecule has 0 saturated heterocycles. The van der Waals surface area contributed by atoms with E-state index < -0.39 is 0 Å². The molecule has 1 rings (SSSR count). The van der Waals surface area contributed by atoms with Crippen molar-refractivity contribution in [2.45, 2.75) is 26.2 Å². The van der Waals surface area contributed by atoms with E-state index in [2.05, 4.69) is 11.9 Å². The Morgan fingerprint density at radius 3 is 2.77 bits per heavy atom. The monoisotopic (exact) mass is 178 g/mol. The van der Waals surface area contributed by atoms with E-state index in [0.29, 0.717) is 12.8 Å². The fourth-order valence-corrected chi connectivity index (χ4v) is 1.12. The van der Waals surface area contributed by atoms with Gasteiger partial charge in [0.2, 0.25) is 5.91 Å². The van der Waals surface area contributed by atoms with Crippen molar-refractivity contribution in [1.82, 2.24) is 4.98 Å². The van der Waals surface area contributed by atoms with Gasteiger partial charge in [-0.1, -0.05) is 13.0 Å². The third-order valence-corrected chi connectivity index (χ3v) is 1.85. The minimum atomic E-state index is -0.274. The van der Waals surface area contributed by atoms with Crippen LogP contribution in [-0.4, -0.2) is 10.9 Å². The maximum Gasteiger partial charge on any atom is 0.217 e. The molecule has 0 aliphatic heterocycles. The molecule has 1 amide bonds. The summed E-state index contributed by atoms with van der Waals surface area (Å²) in [5.41, 5.74) is 7.04. The molecule has 2 N–H and O–H groups in total. The predicted octanol–water partition coefficient (Wildman–Crippen LogP) is 1.06. The molecule has 0 fully saturated rings. The van der Waals surface area contributed by atoms with Crippen molar-refractivity contribution in [2.24, 2.45) is 5.73 Å². The number of amides is 1. The van der Waals surface area contributed by atoms with Gasteiger partial charge in [-0.25, -0.2) is 0 Å². The first kappa shape index (κ1) is 9.71. The Balaban J connectivity index is 2.61. The number of nitrogens with two attached hydrogens (primary N) is 1. The van der Waals surface area contributed by atoms with Crippen molar-refractivity contribution in [3.05, 3.63) is 29.6 Å². The zero-order valence-corrected chi connectivity index (χ0v) is 7.79. The fourth-order valence-electron chi connectivity index (χ4n) is 1.12. The fraction of sp³-hybridized carbons (Fsp3) is 0.400. The summed E-state index contributed by atoms with van der Waals surface area (Å²) >= 11 is 0. The highest BCUT2D eigenvalue weighted by molar-refractivity contribution is 5.73. The minimum Gasteiger partial charge on any atom is -0.370 e. The topological polar surface area (TPSA) is 56.0 Å². The molecule has 13 heavy (non-hydrogen) atoms. The van der Waals surface area contributed by atoms with E-state index in [1.807, 2.05) is 18.2 Å². The van der Waals surface area contributed by atoms with Gasteiger partial charge >= 0.3 is 0 Å². The van der Waals surface area contributed by atoms with Crippen molar-refractivity contribution in [2.75, 3.05) is 0 Å². The van der Waals surface area contributed by atoms with Gasteiger partial charge in [-0.3, -0.25) is 9.78 Å². The molecule has 0 atom stereocenters. The molecule has 1 aromatic rings. The van der Waals surface area contributed by atoms with Crippen LogP contribution in [0.3, 0.4) is 0 Å². The molecule has 0 unspecified atom stereocenters. The first-order valence-corrected chi connectivity index (χ1v) is 4.45. The van der Waals surface area contributed by atoms with Crippen LogP contribution in [0.4, 0.5) is 0 Å². The maximum atomic E-state index is 10.5. The standard InChI is InChI=1S/C10H14N2O/c1-2-8-4-3-5-9(12-8)6-7-10(11)13/h3-5H,2,6-7H2,1H3,(H2,11,13). The number of pyridine rings is 1. The van der Waals surface area contributed by atoms with Crippen LogP contribution in [-0.2, 0) is 17.6 Å². The van der Waals surface area contributed by atoms with Crippen molar-refractivity contribution in [1.29, 1.82) is 0 Å². The zero-order valence-electron chi connectivity index (χ0n) is 7.79. The number of primary amides is 1. The number of carbonyl (C=O) groups excluding carboxylic acids is 1. The van der Waals surface area contributed by atoms with E-state index in [4.69, 9.17) is 5.73 Å². The van der Waals surface area contributed by atoms with Crippen LogP contribution >= 0.6 is 0 Å². The molecule has 0 saturated carbocycles. The van der Waals surface area contributed by atoms with Crippen LogP contribution in [0.2, 0.25) is 0 Å². The maximum absolute atomic E-state index is 10.5. The van der Waals surface area contributed by atoms with Gasteiger partial charge in [-0.2, -0.15) is 0 Å². The summed E-state index contributed by atoms with van der Waals surface area (Å²) in [6.45, 7) is 2.06. The second-order valence-electron chi connectivity index (χ2n) is 2.94. The van der Waals surface area contributed by atoms with Gasteiger partial charge in [-0.05, 0) is 25.0 Å². The van der Waals surface area contributed by atoms with Gasteiger partial charge in [0.05, 0.1) is 0 Å². The van der Waals surface area contributed by atoms with Gasteiger partial charge in [0.25, 0.3) is 0 Å². The van der Waals surface area contributed by atoms with Gasteiger partial charge in [0.1, 0.15) is 0 Å². The SMILES string of the molecule is CCc1cccc(CCC(N)=O)n1. The summed E-state index contributed by atoms with van der Waals surface area (Å²) in [6.07, 6.45) is 1.94. The van der Waals surface area contributed by atoms with Crippen LogP contribution in [0.1, 0.15) is 24.7 Å². The Labute approximate surface area is 78.0 Å². The largest absolute Gasteiger partial charge is 0.370 e. The number of nitrogens with zero attached hydrogens (tertiary/aromatic N) is 1. The number of aromatic nitrogens is 1. The molecular weight excluding hydrogens is 164 g/mol. The number of hydrogen-bond acceptors (Lipinski definition) is 2. The van der Waals surface area contributed by atoms with Crippen LogP contribution in [0.5, 0.6) is 0 Å². The summed E-state index contributed by atoms with van der Waals surface area (Å²) in [7, 11) is 0. The summed E-state index contributed by atoms with van der Waals surface area (Å²) in [6, 6.07) is 5.86. The first-order valence-electron chi connectivity index (χ1n) is 4.45. The normalized spacial score (nSPS) is 9.92. The molecule has 3 nitrogen and oxygen atoms in total. The molecule has 3 heteroatoms. The molecule has 0 bridgehead atoms. The van der Waals surface area contributed by atoms with Crippen LogP contribution in [0.25, 0.3) is 0 Å². The lowest BCUT2D eigenvalue weighted by molar-refractivity contribution is -0.118. The number of rotatable bonds is 4. The predicted molar refractivity (Wildman–Crippen MR) is 51.1 cm³/mol. The highest BCUT2D eigenvalue weighted by Gasteiger charge is 1.99. The Kier molecular flexibility index (Phi) is 3.43. The highest BCUT2D eigenvalue weighted by Crippen LogP contribution is 2.02. The zero-order chi connectivity index (χ0) is 9.68. The first-order chi connectivity index (χ1) is 6.22. The van der Waals surface area contributed by atoms with E-state index in [9.17, 15) is 4.79 Å². The van der Waals surface area contributed by atoms with E-state index in [0.717, 1.165) is 17.8 Å². The Hall–Kier alpha value is -1.38. The Morgan fingerprint density at radius 1 is 1.46 bits per heavy atom. The van der Waals surface area contributed by atoms with Gasteiger partial charge < -0.3 is 5.73 Å². The van der Waals surface area contributed by atoms with Crippen molar-refractivity contribution in [3.8, 4) is 0 Å². The van der Waals surface area contributed by atoms with Crippen LogP contribution in [0.15, 0.2) is 18.2 Å². The summed E-state index contributed by atoms with van der Waals surface area (Å²) in [5, 5.41) is 0. The van der Waals surface area contributed by atoms with E-state index >= 15 is 0 Å². The number of carbonyl (C=O) groups is 1.